The lowest BCUT2D eigenvalue weighted by Crippen LogP contribution is -2.14. The second-order valence-corrected chi connectivity index (χ2v) is 7.89. The van der Waals surface area contributed by atoms with Crippen molar-refractivity contribution < 1.29 is 4.79 Å². The summed E-state index contributed by atoms with van der Waals surface area (Å²) in [4.78, 5) is 16.3. The van der Waals surface area contributed by atoms with E-state index in [0.29, 0.717) is 26.7 Å². The fourth-order valence-corrected chi connectivity index (χ4v) is 3.82. The van der Waals surface area contributed by atoms with Gasteiger partial charge in [-0.05, 0) is 43.3 Å². The van der Waals surface area contributed by atoms with Gasteiger partial charge in [-0.1, -0.05) is 23.4 Å². The van der Waals surface area contributed by atoms with Gasteiger partial charge >= 0.3 is 0 Å². The highest BCUT2D eigenvalue weighted by Crippen LogP contribution is 2.22. The average molecular weight is 417 g/mol. The minimum Gasteiger partial charge on any atom is -0.301 e. The number of carbonyl (C=O) groups excluding carboxylic acids is 1. The molecule has 0 saturated heterocycles. The minimum atomic E-state index is -0.127. The molecule has 0 bridgehead atoms. The normalized spacial score (nSPS) is 11.0. The van der Waals surface area contributed by atoms with Gasteiger partial charge in [0.05, 0.1) is 11.4 Å². The first-order valence-electron chi connectivity index (χ1n) is 7.92. The maximum atomic E-state index is 12.1. The van der Waals surface area contributed by atoms with E-state index >= 15 is 0 Å². The molecular weight excluding hydrogens is 404 g/mol. The smallest absolute Gasteiger partial charge is 0.236 e. The molecule has 3 aromatic heterocycles. The van der Waals surface area contributed by atoms with Crippen LogP contribution in [-0.4, -0.2) is 36.5 Å². The first kappa shape index (κ1) is 17.9. The van der Waals surface area contributed by atoms with E-state index in [4.69, 9.17) is 11.6 Å². The molecule has 0 saturated carbocycles. The number of aryl methyl sites for hydroxylation is 1. The number of hydrogen-bond donors (Lipinski definition) is 1. The van der Waals surface area contributed by atoms with Crippen LogP contribution in [-0.2, 0) is 4.79 Å². The highest BCUT2D eigenvalue weighted by Gasteiger charge is 2.12. The Morgan fingerprint density at radius 3 is 2.78 bits per heavy atom. The standard InChI is InChI=1S/C17H13ClN6OS2/c1-10-8-27-17(19-10)20-14(25)9-26-15-7-6-13-21-22-16(24(13)23-15)11-2-4-12(18)5-3-11/h2-8H,9H2,1H3,(H,19,20,25). The zero-order chi connectivity index (χ0) is 18.8. The summed E-state index contributed by atoms with van der Waals surface area (Å²) in [7, 11) is 0. The van der Waals surface area contributed by atoms with Gasteiger partial charge in [0.2, 0.25) is 5.91 Å². The monoisotopic (exact) mass is 416 g/mol. The lowest BCUT2D eigenvalue weighted by molar-refractivity contribution is -0.113. The summed E-state index contributed by atoms with van der Waals surface area (Å²) in [5.74, 6) is 0.722. The van der Waals surface area contributed by atoms with Crippen LogP contribution in [0.5, 0.6) is 0 Å². The maximum absolute atomic E-state index is 12.1. The lowest BCUT2D eigenvalue weighted by Gasteiger charge is -2.04. The number of rotatable bonds is 5. The van der Waals surface area contributed by atoms with Crippen LogP contribution in [0.1, 0.15) is 5.69 Å². The highest BCUT2D eigenvalue weighted by molar-refractivity contribution is 7.99. The zero-order valence-electron chi connectivity index (χ0n) is 14.1. The summed E-state index contributed by atoms with van der Waals surface area (Å²) in [5, 5.41) is 19.5. The summed E-state index contributed by atoms with van der Waals surface area (Å²) < 4.78 is 1.66. The number of carbonyl (C=O) groups is 1. The van der Waals surface area contributed by atoms with Crippen molar-refractivity contribution in [3.05, 3.63) is 52.5 Å². The van der Waals surface area contributed by atoms with Crippen LogP contribution < -0.4 is 5.32 Å². The van der Waals surface area contributed by atoms with E-state index in [0.717, 1.165) is 11.3 Å². The van der Waals surface area contributed by atoms with E-state index in [1.54, 1.807) is 16.6 Å². The molecule has 0 fully saturated rings. The number of nitrogens with one attached hydrogen (secondary N) is 1. The molecule has 0 atom stereocenters. The van der Waals surface area contributed by atoms with Gasteiger partial charge in [0, 0.05) is 16.0 Å². The van der Waals surface area contributed by atoms with Gasteiger partial charge in [0.1, 0.15) is 5.03 Å². The molecule has 0 aliphatic rings. The fourth-order valence-electron chi connectivity index (χ4n) is 2.33. The van der Waals surface area contributed by atoms with Crippen LogP contribution in [0.25, 0.3) is 17.0 Å². The summed E-state index contributed by atoms with van der Waals surface area (Å²) >= 11 is 8.68. The number of thiazole rings is 1. The molecular formula is C17H13ClN6OS2. The van der Waals surface area contributed by atoms with E-state index < -0.39 is 0 Å². The molecule has 0 spiro atoms. The van der Waals surface area contributed by atoms with E-state index in [1.165, 1.54) is 23.1 Å². The molecule has 0 aliphatic heterocycles. The first-order chi connectivity index (χ1) is 13.1. The Kier molecular flexibility index (Phi) is 5.06. The third-order valence-corrected chi connectivity index (χ3v) is 5.60. The highest BCUT2D eigenvalue weighted by atomic mass is 35.5. The SMILES string of the molecule is Cc1csc(NC(=O)CSc2ccc3nnc(-c4ccc(Cl)cc4)n3n2)n1. The van der Waals surface area contributed by atoms with Crippen molar-refractivity contribution in [1.29, 1.82) is 0 Å². The minimum absolute atomic E-state index is 0.127. The van der Waals surface area contributed by atoms with Crippen molar-refractivity contribution in [2.75, 3.05) is 11.1 Å². The van der Waals surface area contributed by atoms with Gasteiger partial charge in [0.25, 0.3) is 0 Å². The van der Waals surface area contributed by atoms with E-state index in [2.05, 4.69) is 25.6 Å². The zero-order valence-corrected chi connectivity index (χ0v) is 16.5. The predicted octanol–water partition coefficient (Wildman–Crippen LogP) is 3.94. The quantitative estimate of drug-likeness (QED) is 0.496. The Morgan fingerprint density at radius 2 is 2.04 bits per heavy atom. The molecule has 0 radical (unpaired) electrons. The predicted molar refractivity (Wildman–Crippen MR) is 107 cm³/mol. The largest absolute Gasteiger partial charge is 0.301 e. The van der Waals surface area contributed by atoms with Crippen molar-refractivity contribution in [2.24, 2.45) is 0 Å². The van der Waals surface area contributed by atoms with Crippen LogP contribution in [0.4, 0.5) is 5.13 Å². The molecule has 1 amide bonds. The third-order valence-electron chi connectivity index (χ3n) is 3.56. The summed E-state index contributed by atoms with van der Waals surface area (Å²) in [6.45, 7) is 1.89. The second-order valence-electron chi connectivity index (χ2n) is 5.60. The number of thioether (sulfide) groups is 1. The van der Waals surface area contributed by atoms with E-state index in [1.807, 2.05) is 36.6 Å². The molecule has 1 N–H and O–H groups in total. The number of anilines is 1. The topological polar surface area (TPSA) is 85.1 Å². The number of halogens is 1. The van der Waals surface area contributed by atoms with Gasteiger partial charge in [0.15, 0.2) is 16.6 Å². The molecule has 1 aromatic carbocycles. The van der Waals surface area contributed by atoms with E-state index in [9.17, 15) is 4.79 Å². The second kappa shape index (κ2) is 7.63. The first-order valence-corrected chi connectivity index (χ1v) is 10.2. The van der Waals surface area contributed by atoms with Crippen molar-refractivity contribution in [3.8, 4) is 11.4 Å². The molecule has 3 heterocycles. The molecule has 27 heavy (non-hydrogen) atoms. The number of hydrogen-bond acceptors (Lipinski definition) is 7. The molecule has 136 valence electrons. The van der Waals surface area contributed by atoms with Crippen LogP contribution in [0.2, 0.25) is 5.02 Å². The summed E-state index contributed by atoms with van der Waals surface area (Å²) in [6.07, 6.45) is 0. The summed E-state index contributed by atoms with van der Waals surface area (Å²) in [5.41, 5.74) is 2.38. The number of nitrogens with zero attached hydrogens (tertiary/aromatic N) is 5. The van der Waals surface area contributed by atoms with Crippen molar-refractivity contribution in [3.63, 3.8) is 0 Å². The van der Waals surface area contributed by atoms with Gasteiger partial charge in [-0.15, -0.1) is 21.5 Å². The molecule has 4 aromatic rings. The molecule has 0 unspecified atom stereocenters. The van der Waals surface area contributed by atoms with Crippen LogP contribution in [0.15, 0.2) is 46.8 Å². The van der Waals surface area contributed by atoms with Crippen LogP contribution in [0.3, 0.4) is 0 Å². The Bertz CT molecular complexity index is 1110. The lowest BCUT2D eigenvalue weighted by atomic mass is 10.2. The number of amides is 1. The molecule has 4 rings (SSSR count). The summed E-state index contributed by atoms with van der Waals surface area (Å²) in [6, 6.07) is 11.0. The number of fused-ring (bicyclic) bond motifs is 1. The van der Waals surface area contributed by atoms with Gasteiger partial charge < -0.3 is 5.32 Å². The van der Waals surface area contributed by atoms with Crippen molar-refractivity contribution in [2.45, 2.75) is 11.9 Å². The van der Waals surface area contributed by atoms with Gasteiger partial charge in [-0.3, -0.25) is 4.79 Å². The Hall–Kier alpha value is -2.49. The van der Waals surface area contributed by atoms with Crippen molar-refractivity contribution >= 4 is 51.4 Å². The number of benzene rings is 1. The number of aromatic nitrogens is 5. The van der Waals surface area contributed by atoms with Gasteiger partial charge in [-0.25, -0.2) is 4.98 Å². The molecule has 0 aliphatic carbocycles. The van der Waals surface area contributed by atoms with Crippen LogP contribution >= 0.6 is 34.7 Å². The Labute approximate surface area is 167 Å². The van der Waals surface area contributed by atoms with E-state index in [-0.39, 0.29) is 11.7 Å². The molecule has 10 heteroatoms. The fraction of sp³-hybridized carbons (Fsp3) is 0.118. The van der Waals surface area contributed by atoms with Crippen LogP contribution in [0, 0.1) is 6.92 Å². The Balaban J connectivity index is 1.50. The third kappa shape index (κ3) is 4.10. The Morgan fingerprint density at radius 1 is 1.22 bits per heavy atom. The molecule has 7 nitrogen and oxygen atoms in total. The maximum Gasteiger partial charge on any atom is 0.236 e. The van der Waals surface area contributed by atoms with Crippen molar-refractivity contribution in [1.82, 2.24) is 24.8 Å². The average Bonchev–Trinajstić information content (AvgIpc) is 3.26. The van der Waals surface area contributed by atoms with Gasteiger partial charge in [-0.2, -0.15) is 9.61 Å².